The van der Waals surface area contributed by atoms with Crippen molar-refractivity contribution in [2.24, 2.45) is 4.99 Å². The van der Waals surface area contributed by atoms with Gasteiger partial charge in [0, 0.05) is 30.8 Å². The molecule has 2 aromatic rings. The van der Waals surface area contributed by atoms with Gasteiger partial charge in [0.15, 0.2) is 5.96 Å². The lowest BCUT2D eigenvalue weighted by Crippen LogP contribution is -2.38. The Hall–Kier alpha value is -2.29. The van der Waals surface area contributed by atoms with Crippen LogP contribution >= 0.6 is 24.0 Å². The highest BCUT2D eigenvalue weighted by molar-refractivity contribution is 14.0. The number of nitrogens with one attached hydrogen (secondary N) is 3. The molecule has 0 aromatic heterocycles. The van der Waals surface area contributed by atoms with Crippen LogP contribution in [-0.4, -0.2) is 38.6 Å². The van der Waals surface area contributed by atoms with E-state index in [0.717, 1.165) is 30.2 Å². The highest BCUT2D eigenvalue weighted by atomic mass is 127. The van der Waals surface area contributed by atoms with Gasteiger partial charge in [-0.2, -0.15) is 0 Å². The molecule has 2 rings (SSSR count). The largest absolute Gasteiger partial charge is 0.496 e. The third-order valence-electron chi connectivity index (χ3n) is 3.91. The third kappa shape index (κ3) is 8.16. The number of guanidine groups is 1. The van der Waals surface area contributed by atoms with Gasteiger partial charge in [-0.15, -0.1) is 24.0 Å². The predicted molar refractivity (Wildman–Crippen MR) is 125 cm³/mol. The zero-order valence-corrected chi connectivity index (χ0v) is 18.7. The van der Waals surface area contributed by atoms with E-state index >= 15 is 0 Å². The summed E-state index contributed by atoms with van der Waals surface area (Å²) in [6.45, 7) is 4.66. The van der Waals surface area contributed by atoms with Crippen molar-refractivity contribution >= 4 is 35.8 Å². The minimum atomic E-state index is -0.0488. The number of carbonyl (C=O) groups is 1. The summed E-state index contributed by atoms with van der Waals surface area (Å²) in [7, 11) is 1.66. The molecule has 0 aliphatic heterocycles. The average molecular weight is 496 g/mol. The number of halogens is 1. The van der Waals surface area contributed by atoms with Crippen LogP contribution in [-0.2, 0) is 6.54 Å². The molecule has 0 spiro atoms. The van der Waals surface area contributed by atoms with Crippen LogP contribution in [0.2, 0.25) is 0 Å². The first kappa shape index (κ1) is 23.7. The van der Waals surface area contributed by atoms with E-state index in [1.54, 1.807) is 19.2 Å². The predicted octanol–water partition coefficient (Wildman–Crippen LogP) is 3.19. The maximum absolute atomic E-state index is 12.0. The van der Waals surface area contributed by atoms with E-state index in [1.165, 1.54) is 0 Å². The molecule has 0 bridgehead atoms. The zero-order valence-electron chi connectivity index (χ0n) is 16.4. The fourth-order valence-corrected chi connectivity index (χ4v) is 2.53. The van der Waals surface area contributed by atoms with Crippen LogP contribution in [0.5, 0.6) is 5.75 Å². The van der Waals surface area contributed by atoms with Crippen LogP contribution in [0.25, 0.3) is 0 Å². The van der Waals surface area contributed by atoms with Crippen molar-refractivity contribution in [3.63, 3.8) is 0 Å². The van der Waals surface area contributed by atoms with Crippen molar-refractivity contribution in [2.75, 3.05) is 26.7 Å². The fourth-order valence-electron chi connectivity index (χ4n) is 2.53. The van der Waals surface area contributed by atoms with Gasteiger partial charge in [-0.1, -0.05) is 36.4 Å². The minimum Gasteiger partial charge on any atom is -0.496 e. The van der Waals surface area contributed by atoms with Gasteiger partial charge in [0.25, 0.3) is 5.91 Å². The number of amides is 1. The number of nitrogens with zero attached hydrogens (tertiary/aromatic N) is 1. The Kier molecular flexibility index (Phi) is 11.7. The van der Waals surface area contributed by atoms with Crippen molar-refractivity contribution in [1.82, 2.24) is 16.0 Å². The van der Waals surface area contributed by atoms with Crippen LogP contribution in [0.15, 0.2) is 59.6 Å². The molecule has 3 N–H and O–H groups in total. The molecule has 0 aliphatic carbocycles. The summed E-state index contributed by atoms with van der Waals surface area (Å²) in [4.78, 5) is 16.6. The molecule has 0 aliphatic rings. The molecule has 0 radical (unpaired) electrons. The van der Waals surface area contributed by atoms with Gasteiger partial charge >= 0.3 is 0 Å². The van der Waals surface area contributed by atoms with Gasteiger partial charge in [0.05, 0.1) is 13.7 Å². The number of benzene rings is 2. The lowest BCUT2D eigenvalue weighted by Gasteiger charge is -2.12. The second kappa shape index (κ2) is 13.8. The number of hydrogen-bond donors (Lipinski definition) is 3. The maximum Gasteiger partial charge on any atom is 0.251 e. The molecule has 2 aromatic carbocycles. The summed E-state index contributed by atoms with van der Waals surface area (Å²) in [5.74, 6) is 1.53. The summed E-state index contributed by atoms with van der Waals surface area (Å²) in [5.41, 5.74) is 1.71. The van der Waals surface area contributed by atoms with E-state index in [1.807, 2.05) is 49.4 Å². The summed E-state index contributed by atoms with van der Waals surface area (Å²) < 4.78 is 5.36. The highest BCUT2D eigenvalue weighted by Gasteiger charge is 2.04. The number of methoxy groups -OCH3 is 1. The van der Waals surface area contributed by atoms with Gasteiger partial charge in [0.1, 0.15) is 5.75 Å². The molecule has 0 atom stereocenters. The Labute approximate surface area is 184 Å². The molecule has 1 amide bonds. The van der Waals surface area contributed by atoms with Crippen LogP contribution < -0.4 is 20.7 Å². The number of ether oxygens (including phenoxy) is 1. The normalized spacial score (nSPS) is 10.6. The first-order valence-corrected chi connectivity index (χ1v) is 9.22. The lowest BCUT2D eigenvalue weighted by atomic mass is 10.2. The Morgan fingerprint density at radius 3 is 2.36 bits per heavy atom. The Bertz CT molecular complexity index is 738. The molecule has 0 saturated carbocycles. The smallest absolute Gasteiger partial charge is 0.251 e. The van der Waals surface area contributed by atoms with Crippen molar-refractivity contribution in [2.45, 2.75) is 19.9 Å². The second-order valence-electron chi connectivity index (χ2n) is 5.91. The number of rotatable bonds is 9. The number of hydrogen-bond acceptors (Lipinski definition) is 3. The fraction of sp³-hybridized carbons (Fsp3) is 0.333. The molecule has 0 saturated heterocycles. The quantitative estimate of drug-likeness (QED) is 0.216. The topological polar surface area (TPSA) is 74.8 Å². The Morgan fingerprint density at radius 2 is 1.64 bits per heavy atom. The zero-order chi connectivity index (χ0) is 19.3. The summed E-state index contributed by atoms with van der Waals surface area (Å²) in [6.07, 6.45) is 0.803. The SMILES string of the molecule is CCNC(=NCc1ccccc1OC)NCCCNC(=O)c1ccccc1.I. The van der Waals surface area contributed by atoms with Gasteiger partial charge in [0.2, 0.25) is 0 Å². The standard InChI is InChI=1S/C21H28N4O2.HI/c1-3-22-21(25-16-18-12-7-8-13-19(18)27-2)24-15-9-14-23-20(26)17-10-5-4-6-11-17;/h4-8,10-13H,3,9,14-16H2,1-2H3,(H,23,26)(H2,22,24,25);1H. The third-order valence-corrected chi connectivity index (χ3v) is 3.91. The Balaban J connectivity index is 0.00000392. The average Bonchev–Trinajstić information content (AvgIpc) is 2.72. The lowest BCUT2D eigenvalue weighted by molar-refractivity contribution is 0.0953. The van der Waals surface area contributed by atoms with Gasteiger partial charge in [-0.05, 0) is 31.5 Å². The summed E-state index contributed by atoms with van der Waals surface area (Å²) in [5, 5.41) is 9.44. The van der Waals surface area contributed by atoms with Crippen molar-refractivity contribution in [3.8, 4) is 5.75 Å². The number of carbonyl (C=O) groups excluding carboxylic acids is 1. The van der Waals surface area contributed by atoms with E-state index in [0.29, 0.717) is 25.2 Å². The van der Waals surface area contributed by atoms with Crippen LogP contribution in [0.3, 0.4) is 0 Å². The molecule has 6 nitrogen and oxygen atoms in total. The molecule has 152 valence electrons. The number of para-hydroxylation sites is 1. The second-order valence-corrected chi connectivity index (χ2v) is 5.91. The minimum absolute atomic E-state index is 0. The van der Waals surface area contributed by atoms with Crippen LogP contribution in [0.1, 0.15) is 29.3 Å². The maximum atomic E-state index is 12.0. The molecule has 0 fully saturated rings. The highest BCUT2D eigenvalue weighted by Crippen LogP contribution is 2.17. The van der Waals surface area contributed by atoms with Gasteiger partial charge in [-0.3, -0.25) is 4.79 Å². The summed E-state index contributed by atoms with van der Waals surface area (Å²) in [6, 6.07) is 17.1. The van der Waals surface area contributed by atoms with Crippen molar-refractivity contribution < 1.29 is 9.53 Å². The van der Waals surface area contributed by atoms with Gasteiger partial charge in [-0.25, -0.2) is 4.99 Å². The summed E-state index contributed by atoms with van der Waals surface area (Å²) >= 11 is 0. The first-order chi connectivity index (χ1) is 13.2. The molecule has 7 heteroatoms. The van der Waals surface area contributed by atoms with E-state index in [-0.39, 0.29) is 29.9 Å². The van der Waals surface area contributed by atoms with E-state index in [9.17, 15) is 4.79 Å². The van der Waals surface area contributed by atoms with Crippen LogP contribution in [0, 0.1) is 0 Å². The number of aliphatic imine (C=N–C) groups is 1. The molecular formula is C21H29IN4O2. The molecule has 0 unspecified atom stereocenters. The van der Waals surface area contributed by atoms with Crippen LogP contribution in [0.4, 0.5) is 0 Å². The molecule has 0 heterocycles. The first-order valence-electron chi connectivity index (χ1n) is 9.22. The Morgan fingerprint density at radius 1 is 0.964 bits per heavy atom. The monoisotopic (exact) mass is 496 g/mol. The van der Waals surface area contributed by atoms with E-state index in [2.05, 4.69) is 20.9 Å². The molecule has 28 heavy (non-hydrogen) atoms. The molecular weight excluding hydrogens is 467 g/mol. The van der Waals surface area contributed by atoms with Crippen molar-refractivity contribution in [1.29, 1.82) is 0 Å². The van der Waals surface area contributed by atoms with E-state index in [4.69, 9.17) is 4.74 Å². The van der Waals surface area contributed by atoms with Gasteiger partial charge < -0.3 is 20.7 Å². The van der Waals surface area contributed by atoms with Crippen molar-refractivity contribution in [3.05, 3.63) is 65.7 Å². The van der Waals surface area contributed by atoms with E-state index < -0.39 is 0 Å².